The summed E-state index contributed by atoms with van der Waals surface area (Å²) in [4.78, 5) is 22.1. The Morgan fingerprint density at radius 2 is 1.94 bits per heavy atom. The first kappa shape index (κ1) is 10.6. The molecule has 0 aliphatic carbocycles. The third-order valence-electron chi connectivity index (χ3n) is 2.34. The lowest BCUT2D eigenvalue weighted by Gasteiger charge is -2.02. The molecule has 2 amide bonds. The van der Waals surface area contributed by atoms with Crippen molar-refractivity contribution in [1.82, 2.24) is 5.32 Å². The fraction of sp³-hybridized carbons (Fsp3) is 0.273. The Morgan fingerprint density at radius 1 is 1.25 bits per heavy atom. The summed E-state index contributed by atoms with van der Waals surface area (Å²) in [5.74, 6) is -0.896. The highest BCUT2D eigenvalue weighted by Gasteiger charge is 2.49. The van der Waals surface area contributed by atoms with Crippen molar-refractivity contribution in [2.45, 2.75) is 18.8 Å². The van der Waals surface area contributed by atoms with E-state index >= 15 is 0 Å². The van der Waals surface area contributed by atoms with Crippen molar-refractivity contribution < 1.29 is 14.3 Å². The van der Waals surface area contributed by atoms with Crippen LogP contribution in [0, 0.1) is 0 Å². The number of amides is 2. The van der Waals surface area contributed by atoms with E-state index in [4.69, 9.17) is 10.5 Å². The molecule has 5 heteroatoms. The number of nitrogens with one attached hydrogen (secondary N) is 1. The maximum Gasteiger partial charge on any atom is 0.252 e. The Labute approximate surface area is 92.6 Å². The number of ether oxygens (including phenoxy) is 1. The van der Waals surface area contributed by atoms with Crippen LogP contribution < -0.4 is 11.1 Å². The molecule has 2 unspecified atom stereocenters. The number of carbonyl (C=O) groups excluding carboxylic acids is 2. The van der Waals surface area contributed by atoms with Gasteiger partial charge in [0.2, 0.25) is 5.91 Å². The topological polar surface area (TPSA) is 84.7 Å². The lowest BCUT2D eigenvalue weighted by molar-refractivity contribution is -0.123. The lowest BCUT2D eigenvalue weighted by atomic mass is 10.2. The van der Waals surface area contributed by atoms with E-state index in [2.05, 4.69) is 5.32 Å². The molecule has 0 radical (unpaired) electrons. The minimum absolute atomic E-state index is 0.298. The number of rotatable bonds is 4. The van der Waals surface area contributed by atoms with Crippen molar-refractivity contribution in [1.29, 1.82) is 0 Å². The molecule has 2 atom stereocenters. The third-order valence-corrected chi connectivity index (χ3v) is 2.34. The first-order valence-corrected chi connectivity index (χ1v) is 4.95. The molecule has 1 fully saturated rings. The number of primary amides is 1. The Balaban J connectivity index is 1.80. The highest BCUT2D eigenvalue weighted by atomic mass is 16.6. The van der Waals surface area contributed by atoms with Gasteiger partial charge in [0, 0.05) is 6.54 Å². The molecule has 0 spiro atoms. The number of epoxide rings is 1. The van der Waals surface area contributed by atoms with Gasteiger partial charge in [0.1, 0.15) is 0 Å². The van der Waals surface area contributed by atoms with E-state index in [1.807, 2.05) is 30.3 Å². The van der Waals surface area contributed by atoms with Gasteiger partial charge in [-0.3, -0.25) is 9.59 Å². The first-order valence-electron chi connectivity index (χ1n) is 4.95. The van der Waals surface area contributed by atoms with E-state index in [0.717, 1.165) is 5.56 Å². The van der Waals surface area contributed by atoms with Gasteiger partial charge in [-0.1, -0.05) is 30.3 Å². The zero-order chi connectivity index (χ0) is 11.5. The molecule has 1 aliphatic heterocycles. The summed E-state index contributed by atoms with van der Waals surface area (Å²) < 4.78 is 4.84. The van der Waals surface area contributed by atoms with Crippen LogP contribution in [0.25, 0.3) is 0 Å². The van der Waals surface area contributed by atoms with Gasteiger partial charge in [-0.15, -0.1) is 0 Å². The highest BCUT2D eigenvalue weighted by molar-refractivity contribution is 5.94. The summed E-state index contributed by atoms with van der Waals surface area (Å²) in [7, 11) is 0. The third kappa shape index (κ3) is 2.38. The van der Waals surface area contributed by atoms with Crippen LogP contribution in [0.3, 0.4) is 0 Å². The second-order valence-electron chi connectivity index (χ2n) is 3.58. The zero-order valence-electron chi connectivity index (χ0n) is 8.55. The standard InChI is InChI=1S/C11H12N2O3/c12-10(14)8-9(16-8)11(15)13-6-7-4-2-1-3-5-7/h1-5,8-9H,6H2,(H2,12,14)(H,13,15). The summed E-state index contributed by atoms with van der Waals surface area (Å²) in [5, 5.41) is 2.67. The molecule has 0 aromatic heterocycles. The molecule has 16 heavy (non-hydrogen) atoms. The summed E-state index contributed by atoms with van der Waals surface area (Å²) in [6.45, 7) is 0.422. The summed E-state index contributed by atoms with van der Waals surface area (Å²) in [6, 6.07) is 9.49. The van der Waals surface area contributed by atoms with E-state index < -0.39 is 18.1 Å². The summed E-state index contributed by atoms with van der Waals surface area (Å²) >= 11 is 0. The Morgan fingerprint density at radius 3 is 2.50 bits per heavy atom. The Hall–Kier alpha value is -1.88. The van der Waals surface area contributed by atoms with Crippen molar-refractivity contribution in [3.05, 3.63) is 35.9 Å². The van der Waals surface area contributed by atoms with Gasteiger partial charge in [0.25, 0.3) is 5.91 Å². The molecule has 3 N–H and O–H groups in total. The number of nitrogens with two attached hydrogens (primary N) is 1. The molecular weight excluding hydrogens is 208 g/mol. The van der Waals surface area contributed by atoms with Crippen molar-refractivity contribution in [2.75, 3.05) is 0 Å². The van der Waals surface area contributed by atoms with Gasteiger partial charge in [-0.2, -0.15) is 0 Å². The Kier molecular flexibility index (Phi) is 2.87. The number of carbonyl (C=O) groups is 2. The maximum atomic E-state index is 11.4. The van der Waals surface area contributed by atoms with Gasteiger partial charge >= 0.3 is 0 Å². The number of hydrogen-bond donors (Lipinski definition) is 2. The molecular formula is C11H12N2O3. The van der Waals surface area contributed by atoms with Gasteiger partial charge in [0.15, 0.2) is 12.2 Å². The fourth-order valence-corrected chi connectivity index (χ4v) is 1.41. The largest absolute Gasteiger partial charge is 0.367 e. The minimum atomic E-state index is -0.754. The quantitative estimate of drug-likeness (QED) is 0.674. The van der Waals surface area contributed by atoms with Crippen LogP contribution in [0.15, 0.2) is 30.3 Å². The molecule has 1 aromatic rings. The normalized spacial score (nSPS) is 22.5. The molecule has 1 heterocycles. The van der Waals surface area contributed by atoms with Crippen molar-refractivity contribution in [3.63, 3.8) is 0 Å². The van der Waals surface area contributed by atoms with Gasteiger partial charge in [-0.05, 0) is 5.56 Å². The van der Waals surface area contributed by atoms with E-state index in [-0.39, 0.29) is 5.91 Å². The molecule has 0 bridgehead atoms. The van der Waals surface area contributed by atoms with Crippen LogP contribution in [0.4, 0.5) is 0 Å². The van der Waals surface area contributed by atoms with Gasteiger partial charge < -0.3 is 15.8 Å². The summed E-state index contributed by atoms with van der Waals surface area (Å²) in [5.41, 5.74) is 5.98. The van der Waals surface area contributed by atoms with E-state index in [1.54, 1.807) is 0 Å². The van der Waals surface area contributed by atoms with Crippen LogP contribution >= 0.6 is 0 Å². The van der Waals surface area contributed by atoms with E-state index in [9.17, 15) is 9.59 Å². The maximum absolute atomic E-state index is 11.4. The van der Waals surface area contributed by atoms with Crippen LogP contribution in [0.2, 0.25) is 0 Å². The molecule has 5 nitrogen and oxygen atoms in total. The predicted octanol–water partition coefficient (Wildman–Crippen LogP) is -0.444. The lowest BCUT2D eigenvalue weighted by Crippen LogP contribution is -2.31. The molecule has 84 valence electrons. The first-order chi connectivity index (χ1) is 7.68. The van der Waals surface area contributed by atoms with Gasteiger partial charge in [0.05, 0.1) is 0 Å². The van der Waals surface area contributed by atoms with Crippen LogP contribution in [0.5, 0.6) is 0 Å². The monoisotopic (exact) mass is 220 g/mol. The Bertz CT molecular complexity index is 405. The second-order valence-corrected chi connectivity index (χ2v) is 3.58. The molecule has 2 rings (SSSR count). The molecule has 0 saturated carbocycles. The van der Waals surface area contributed by atoms with Crippen LogP contribution in [0.1, 0.15) is 5.56 Å². The SMILES string of the molecule is NC(=O)C1OC1C(=O)NCc1ccccc1. The highest BCUT2D eigenvalue weighted by Crippen LogP contribution is 2.21. The van der Waals surface area contributed by atoms with Crippen LogP contribution in [-0.4, -0.2) is 24.0 Å². The van der Waals surface area contributed by atoms with E-state index in [0.29, 0.717) is 6.54 Å². The van der Waals surface area contributed by atoms with Crippen LogP contribution in [-0.2, 0) is 20.9 Å². The van der Waals surface area contributed by atoms with Crippen molar-refractivity contribution >= 4 is 11.8 Å². The molecule has 1 saturated heterocycles. The minimum Gasteiger partial charge on any atom is -0.367 e. The zero-order valence-corrected chi connectivity index (χ0v) is 8.55. The van der Waals surface area contributed by atoms with Crippen molar-refractivity contribution in [3.8, 4) is 0 Å². The predicted molar refractivity (Wildman–Crippen MR) is 56.1 cm³/mol. The average Bonchev–Trinajstić information content (AvgIpc) is 3.07. The fourth-order valence-electron chi connectivity index (χ4n) is 1.41. The van der Waals surface area contributed by atoms with Crippen molar-refractivity contribution in [2.24, 2.45) is 5.73 Å². The van der Waals surface area contributed by atoms with Gasteiger partial charge in [-0.25, -0.2) is 0 Å². The molecule has 1 aromatic carbocycles. The average molecular weight is 220 g/mol. The summed E-state index contributed by atoms with van der Waals surface area (Å²) in [6.07, 6.45) is -1.46. The smallest absolute Gasteiger partial charge is 0.252 e. The second kappa shape index (κ2) is 4.32. The molecule has 1 aliphatic rings. The van der Waals surface area contributed by atoms with E-state index in [1.165, 1.54) is 0 Å². The number of hydrogen-bond acceptors (Lipinski definition) is 3. The number of benzene rings is 1.